The van der Waals surface area contributed by atoms with E-state index in [4.69, 9.17) is 4.74 Å². The van der Waals surface area contributed by atoms with Gasteiger partial charge in [-0.3, -0.25) is 9.59 Å². The summed E-state index contributed by atoms with van der Waals surface area (Å²) in [5, 5.41) is 10.8. The third-order valence-electron chi connectivity index (χ3n) is 4.21. The number of carbonyl (C=O) groups excluding carboxylic acids is 1. The van der Waals surface area contributed by atoms with Crippen LogP contribution in [0.25, 0.3) is 11.0 Å². The fraction of sp³-hybridized carbons (Fsp3) is 0.389. The number of nitrogens with zero attached hydrogens (tertiary/aromatic N) is 4. The molecular formula is C18H22N6O3. The van der Waals surface area contributed by atoms with Gasteiger partial charge in [0, 0.05) is 26.5 Å². The van der Waals surface area contributed by atoms with Gasteiger partial charge < -0.3 is 19.6 Å². The molecule has 1 aromatic carbocycles. The molecule has 0 bridgehead atoms. The molecule has 142 valence electrons. The Labute approximate surface area is 155 Å². The summed E-state index contributed by atoms with van der Waals surface area (Å²) in [5.41, 5.74) is 1.46. The minimum atomic E-state index is -0.306. The zero-order valence-electron chi connectivity index (χ0n) is 15.3. The molecule has 0 aliphatic rings. The Morgan fingerprint density at radius 3 is 3.00 bits per heavy atom. The number of ether oxygens (including phenoxy) is 1. The highest BCUT2D eigenvalue weighted by Crippen LogP contribution is 2.10. The van der Waals surface area contributed by atoms with E-state index in [1.54, 1.807) is 19.5 Å². The van der Waals surface area contributed by atoms with Crippen LogP contribution in [0.3, 0.4) is 0 Å². The van der Waals surface area contributed by atoms with Gasteiger partial charge in [0.15, 0.2) is 5.82 Å². The summed E-state index contributed by atoms with van der Waals surface area (Å²) in [7, 11) is 1.62. The second-order valence-corrected chi connectivity index (χ2v) is 6.19. The van der Waals surface area contributed by atoms with Crippen LogP contribution in [0.1, 0.15) is 30.9 Å². The number of fused-ring (bicyclic) bond motifs is 1. The summed E-state index contributed by atoms with van der Waals surface area (Å²) in [6, 6.07) is 7.00. The van der Waals surface area contributed by atoms with Crippen LogP contribution in [0, 0.1) is 0 Å². The van der Waals surface area contributed by atoms with Crippen molar-refractivity contribution in [2.45, 2.75) is 32.4 Å². The Bertz CT molecular complexity index is 980. The Hall–Kier alpha value is -3.07. The summed E-state index contributed by atoms with van der Waals surface area (Å²) in [6.45, 7) is 2.98. The van der Waals surface area contributed by atoms with Gasteiger partial charge in [0.1, 0.15) is 12.0 Å². The molecule has 1 unspecified atom stereocenters. The van der Waals surface area contributed by atoms with Gasteiger partial charge in [-0.1, -0.05) is 12.1 Å². The van der Waals surface area contributed by atoms with Gasteiger partial charge in [0.25, 0.3) is 5.56 Å². The Kier molecular flexibility index (Phi) is 5.92. The number of nitrogens with one attached hydrogen (secondary N) is 2. The fourth-order valence-corrected chi connectivity index (χ4v) is 2.81. The number of carbonyl (C=O) groups is 1. The summed E-state index contributed by atoms with van der Waals surface area (Å²) >= 11 is 0. The van der Waals surface area contributed by atoms with E-state index in [1.165, 1.54) is 0 Å². The number of hydrogen-bond donors (Lipinski definition) is 2. The van der Waals surface area contributed by atoms with Gasteiger partial charge in [0.2, 0.25) is 5.91 Å². The van der Waals surface area contributed by atoms with E-state index < -0.39 is 0 Å². The van der Waals surface area contributed by atoms with Crippen molar-refractivity contribution in [3.05, 3.63) is 52.5 Å². The molecular weight excluding hydrogens is 348 g/mol. The first-order valence-corrected chi connectivity index (χ1v) is 8.72. The minimum Gasteiger partial charge on any atom is -0.383 e. The number of aryl methyl sites for hydroxylation is 1. The van der Waals surface area contributed by atoms with Crippen LogP contribution >= 0.6 is 0 Å². The minimum absolute atomic E-state index is 0.158. The lowest BCUT2D eigenvalue weighted by Gasteiger charge is -2.14. The summed E-state index contributed by atoms with van der Waals surface area (Å²) in [4.78, 5) is 31.6. The van der Waals surface area contributed by atoms with Crippen molar-refractivity contribution in [3.8, 4) is 0 Å². The van der Waals surface area contributed by atoms with E-state index in [0.717, 1.165) is 0 Å². The molecule has 0 spiro atoms. The maximum Gasteiger partial charge on any atom is 0.270 e. The van der Waals surface area contributed by atoms with Crippen LogP contribution in [-0.2, 0) is 22.5 Å². The third-order valence-corrected chi connectivity index (χ3v) is 4.21. The number of methoxy groups -OCH3 is 1. The smallest absolute Gasteiger partial charge is 0.270 e. The van der Waals surface area contributed by atoms with E-state index in [1.807, 2.05) is 29.7 Å². The van der Waals surface area contributed by atoms with Crippen molar-refractivity contribution in [2.75, 3.05) is 13.7 Å². The molecule has 3 rings (SSSR count). The maximum atomic E-state index is 12.3. The lowest BCUT2D eigenvalue weighted by Crippen LogP contribution is -2.29. The zero-order chi connectivity index (χ0) is 19.2. The van der Waals surface area contributed by atoms with Crippen LogP contribution in [-0.4, -0.2) is 44.4 Å². The molecule has 3 aromatic rings. The molecule has 27 heavy (non-hydrogen) atoms. The first-order valence-electron chi connectivity index (χ1n) is 8.72. The van der Waals surface area contributed by atoms with Gasteiger partial charge in [-0.2, -0.15) is 0 Å². The molecule has 9 nitrogen and oxygen atoms in total. The van der Waals surface area contributed by atoms with Gasteiger partial charge in [0.05, 0.1) is 23.7 Å². The number of aromatic nitrogens is 5. The zero-order valence-corrected chi connectivity index (χ0v) is 15.3. The Morgan fingerprint density at radius 2 is 2.19 bits per heavy atom. The van der Waals surface area contributed by atoms with Crippen molar-refractivity contribution >= 4 is 16.9 Å². The molecule has 0 radical (unpaired) electrons. The molecule has 2 aromatic heterocycles. The fourth-order valence-electron chi connectivity index (χ4n) is 2.81. The number of rotatable bonds is 8. The molecule has 2 N–H and O–H groups in total. The average molecular weight is 370 g/mol. The van der Waals surface area contributed by atoms with E-state index in [2.05, 4.69) is 25.5 Å². The number of benzene rings is 1. The number of H-pyrrole nitrogens is 1. The van der Waals surface area contributed by atoms with Crippen LogP contribution in [0.5, 0.6) is 0 Å². The van der Waals surface area contributed by atoms with Crippen molar-refractivity contribution in [1.82, 2.24) is 30.0 Å². The van der Waals surface area contributed by atoms with Gasteiger partial charge in [-0.25, -0.2) is 4.98 Å². The summed E-state index contributed by atoms with van der Waals surface area (Å²) in [6.07, 6.45) is 2.02. The molecule has 0 aliphatic heterocycles. The standard InChI is InChI=1S/C18H22N6O3/c1-12(17-23-19-11-24(17)9-10-27-2)20-16(25)8-7-15-18(26)22-14-6-4-3-5-13(14)21-15/h3-6,11-12H,7-10H2,1-2H3,(H,20,25)(H,22,26). The average Bonchev–Trinajstić information content (AvgIpc) is 3.13. The van der Waals surface area contributed by atoms with E-state index in [0.29, 0.717) is 35.7 Å². The topological polar surface area (TPSA) is 115 Å². The lowest BCUT2D eigenvalue weighted by atomic mass is 10.2. The van der Waals surface area contributed by atoms with E-state index in [-0.39, 0.29) is 30.3 Å². The lowest BCUT2D eigenvalue weighted by molar-refractivity contribution is -0.121. The third kappa shape index (κ3) is 4.56. The first kappa shape index (κ1) is 18.7. The van der Waals surface area contributed by atoms with E-state index >= 15 is 0 Å². The second kappa shape index (κ2) is 8.54. The van der Waals surface area contributed by atoms with Crippen molar-refractivity contribution in [1.29, 1.82) is 0 Å². The predicted octanol–water partition coefficient (Wildman–Crippen LogP) is 0.971. The highest BCUT2D eigenvalue weighted by atomic mass is 16.5. The Balaban J connectivity index is 1.61. The largest absolute Gasteiger partial charge is 0.383 e. The number of amides is 1. The Morgan fingerprint density at radius 1 is 1.37 bits per heavy atom. The van der Waals surface area contributed by atoms with Crippen LogP contribution < -0.4 is 10.9 Å². The van der Waals surface area contributed by atoms with Crippen molar-refractivity contribution in [2.24, 2.45) is 0 Å². The summed E-state index contributed by atoms with van der Waals surface area (Å²) in [5.74, 6) is 0.472. The molecule has 1 atom stereocenters. The molecule has 0 saturated heterocycles. The number of para-hydroxylation sites is 2. The highest BCUT2D eigenvalue weighted by molar-refractivity contribution is 5.77. The first-order chi connectivity index (χ1) is 13.1. The van der Waals surface area contributed by atoms with Crippen LogP contribution in [0.4, 0.5) is 0 Å². The predicted molar refractivity (Wildman–Crippen MR) is 99.1 cm³/mol. The van der Waals surface area contributed by atoms with Gasteiger partial charge in [-0.15, -0.1) is 10.2 Å². The molecule has 2 heterocycles. The molecule has 9 heteroatoms. The van der Waals surface area contributed by atoms with Crippen molar-refractivity contribution in [3.63, 3.8) is 0 Å². The van der Waals surface area contributed by atoms with E-state index in [9.17, 15) is 9.59 Å². The highest BCUT2D eigenvalue weighted by Gasteiger charge is 2.16. The van der Waals surface area contributed by atoms with Gasteiger partial charge in [-0.05, 0) is 19.1 Å². The SMILES string of the molecule is COCCn1cnnc1C(C)NC(=O)CCc1nc2ccccc2[nH]c1=O. The van der Waals surface area contributed by atoms with Crippen molar-refractivity contribution < 1.29 is 9.53 Å². The second-order valence-electron chi connectivity index (χ2n) is 6.19. The van der Waals surface area contributed by atoms with Crippen LogP contribution in [0.15, 0.2) is 35.4 Å². The monoisotopic (exact) mass is 370 g/mol. The van der Waals surface area contributed by atoms with Crippen LogP contribution in [0.2, 0.25) is 0 Å². The quantitative estimate of drug-likeness (QED) is 0.611. The molecule has 0 aliphatic carbocycles. The molecule has 0 fully saturated rings. The number of aromatic amines is 1. The molecule has 1 amide bonds. The normalized spacial score (nSPS) is 12.2. The van der Waals surface area contributed by atoms with Gasteiger partial charge >= 0.3 is 0 Å². The summed E-state index contributed by atoms with van der Waals surface area (Å²) < 4.78 is 6.89. The number of hydrogen-bond acceptors (Lipinski definition) is 6. The molecule has 0 saturated carbocycles. The maximum absolute atomic E-state index is 12.3.